The monoisotopic (exact) mass is 445 g/mol. The lowest BCUT2D eigenvalue weighted by atomic mass is 9.97. The molecule has 0 bridgehead atoms. The maximum absolute atomic E-state index is 11.3. The second-order valence-corrected chi connectivity index (χ2v) is 8.27. The maximum Gasteiger partial charge on any atom is 0.305 e. The van der Waals surface area contributed by atoms with Crippen LogP contribution in [0.3, 0.4) is 0 Å². The molecule has 8 heteroatoms. The van der Waals surface area contributed by atoms with E-state index in [0.717, 1.165) is 59.3 Å². The summed E-state index contributed by atoms with van der Waals surface area (Å²) in [6, 6.07) is 14.0. The lowest BCUT2D eigenvalue weighted by Crippen LogP contribution is -2.31. The van der Waals surface area contributed by atoms with Crippen molar-refractivity contribution in [2.75, 3.05) is 24.5 Å². The highest BCUT2D eigenvalue weighted by Gasteiger charge is 2.26. The molecule has 5 rings (SSSR count). The van der Waals surface area contributed by atoms with Gasteiger partial charge in [-0.15, -0.1) is 0 Å². The predicted molar refractivity (Wildman–Crippen MR) is 127 cm³/mol. The number of aromatic amines is 1. The van der Waals surface area contributed by atoms with E-state index in [9.17, 15) is 9.90 Å². The SMILES string of the molecule is CCN(CC)c1ccc(-c2nc(-c3ccc4[nH]c5c(c4c3)CCNC5CC(=O)O)no2)cc1. The molecule has 8 nitrogen and oxygen atoms in total. The van der Waals surface area contributed by atoms with Gasteiger partial charge in [-0.25, -0.2) is 0 Å². The van der Waals surface area contributed by atoms with Gasteiger partial charge in [0.15, 0.2) is 0 Å². The summed E-state index contributed by atoms with van der Waals surface area (Å²) in [7, 11) is 0. The Hall–Kier alpha value is -3.65. The summed E-state index contributed by atoms with van der Waals surface area (Å²) in [6.45, 7) is 6.95. The summed E-state index contributed by atoms with van der Waals surface area (Å²) in [6.07, 6.45) is 0.888. The van der Waals surface area contributed by atoms with Gasteiger partial charge in [-0.2, -0.15) is 4.98 Å². The Labute approximate surface area is 191 Å². The standard InChI is InChI=1S/C25H27N5O3/c1-3-30(4-2)17-8-5-15(6-9-17)25-28-24(29-33-25)16-7-10-20-19(13-16)18-11-12-26-21(14-22(31)32)23(18)27-20/h5-10,13,21,26-27H,3-4,11-12,14H2,1-2H3,(H,31,32). The van der Waals surface area contributed by atoms with E-state index in [1.807, 2.05) is 24.3 Å². The first-order valence-electron chi connectivity index (χ1n) is 11.4. The number of carboxylic acids is 1. The van der Waals surface area contributed by atoms with Crippen LogP contribution in [0.2, 0.25) is 0 Å². The lowest BCUT2D eigenvalue weighted by molar-refractivity contribution is -0.137. The van der Waals surface area contributed by atoms with Crippen LogP contribution in [0.25, 0.3) is 33.7 Å². The van der Waals surface area contributed by atoms with Crippen molar-refractivity contribution in [3.05, 3.63) is 53.7 Å². The van der Waals surface area contributed by atoms with Crippen molar-refractivity contribution in [3.63, 3.8) is 0 Å². The zero-order chi connectivity index (χ0) is 22.9. The number of rotatable bonds is 7. The molecular weight excluding hydrogens is 418 g/mol. The number of H-pyrrole nitrogens is 1. The van der Waals surface area contributed by atoms with E-state index in [1.165, 1.54) is 5.69 Å². The molecule has 0 saturated carbocycles. The van der Waals surface area contributed by atoms with Crippen LogP contribution >= 0.6 is 0 Å². The van der Waals surface area contributed by atoms with Crippen molar-refractivity contribution in [3.8, 4) is 22.8 Å². The molecule has 3 heterocycles. The van der Waals surface area contributed by atoms with E-state index in [1.54, 1.807) is 0 Å². The van der Waals surface area contributed by atoms with Gasteiger partial charge in [0.1, 0.15) is 0 Å². The molecule has 0 spiro atoms. The van der Waals surface area contributed by atoms with Crippen molar-refractivity contribution >= 4 is 22.6 Å². The van der Waals surface area contributed by atoms with Crippen molar-refractivity contribution in [2.45, 2.75) is 32.7 Å². The highest BCUT2D eigenvalue weighted by Crippen LogP contribution is 2.34. The highest BCUT2D eigenvalue weighted by atomic mass is 16.5. The Kier molecular flexibility index (Phi) is 5.60. The van der Waals surface area contributed by atoms with Gasteiger partial charge in [0, 0.05) is 46.5 Å². The number of nitrogens with zero attached hydrogens (tertiary/aromatic N) is 3. The van der Waals surface area contributed by atoms with Gasteiger partial charge < -0.3 is 24.8 Å². The molecule has 1 atom stereocenters. The van der Waals surface area contributed by atoms with Crippen LogP contribution in [-0.2, 0) is 11.2 Å². The summed E-state index contributed by atoms with van der Waals surface area (Å²) in [4.78, 5) is 21.6. The summed E-state index contributed by atoms with van der Waals surface area (Å²) in [5.74, 6) is 0.202. The minimum Gasteiger partial charge on any atom is -0.481 e. The first-order valence-corrected chi connectivity index (χ1v) is 11.4. The van der Waals surface area contributed by atoms with Crippen LogP contribution in [0.5, 0.6) is 0 Å². The van der Waals surface area contributed by atoms with Gasteiger partial charge in [-0.05, 0) is 74.8 Å². The third kappa shape index (κ3) is 3.98. The van der Waals surface area contributed by atoms with Crippen molar-refractivity contribution in [1.29, 1.82) is 0 Å². The Balaban J connectivity index is 1.44. The molecule has 0 fully saturated rings. The average molecular weight is 446 g/mol. The lowest BCUT2D eigenvalue weighted by Gasteiger charge is -2.22. The summed E-state index contributed by atoms with van der Waals surface area (Å²) in [5, 5.41) is 17.8. The smallest absolute Gasteiger partial charge is 0.305 e. The van der Waals surface area contributed by atoms with Gasteiger partial charge in [0.2, 0.25) is 5.82 Å². The van der Waals surface area contributed by atoms with E-state index < -0.39 is 5.97 Å². The Morgan fingerprint density at radius 1 is 1.15 bits per heavy atom. The summed E-state index contributed by atoms with van der Waals surface area (Å²) in [5.41, 5.74) is 6.02. The topological polar surface area (TPSA) is 107 Å². The Morgan fingerprint density at radius 3 is 2.64 bits per heavy atom. The quantitative estimate of drug-likeness (QED) is 0.387. The van der Waals surface area contributed by atoms with Crippen LogP contribution < -0.4 is 10.2 Å². The minimum atomic E-state index is -0.816. The van der Waals surface area contributed by atoms with Crippen molar-refractivity contribution < 1.29 is 14.4 Å². The van der Waals surface area contributed by atoms with Crippen LogP contribution in [-0.4, -0.2) is 45.8 Å². The number of carboxylic acid groups (broad SMARTS) is 1. The van der Waals surface area contributed by atoms with Gasteiger partial charge in [-0.1, -0.05) is 5.16 Å². The van der Waals surface area contributed by atoms with Crippen molar-refractivity contribution in [1.82, 2.24) is 20.4 Å². The molecule has 2 aromatic heterocycles. The van der Waals surface area contributed by atoms with E-state index in [-0.39, 0.29) is 12.5 Å². The van der Waals surface area contributed by atoms with Gasteiger partial charge >= 0.3 is 5.97 Å². The van der Waals surface area contributed by atoms with E-state index >= 15 is 0 Å². The Morgan fingerprint density at radius 2 is 1.91 bits per heavy atom. The summed E-state index contributed by atoms with van der Waals surface area (Å²) < 4.78 is 5.57. The molecule has 3 N–H and O–H groups in total. The second-order valence-electron chi connectivity index (χ2n) is 8.27. The minimum absolute atomic E-state index is 0.0495. The van der Waals surface area contributed by atoms with E-state index in [4.69, 9.17) is 4.52 Å². The van der Waals surface area contributed by atoms with Crippen LogP contribution in [0, 0.1) is 0 Å². The van der Waals surface area contributed by atoms with Crippen LogP contribution in [0.15, 0.2) is 47.0 Å². The van der Waals surface area contributed by atoms with Crippen molar-refractivity contribution in [2.24, 2.45) is 0 Å². The normalized spacial score (nSPS) is 15.5. The fourth-order valence-corrected chi connectivity index (χ4v) is 4.66. The highest BCUT2D eigenvalue weighted by molar-refractivity contribution is 5.89. The summed E-state index contributed by atoms with van der Waals surface area (Å²) >= 11 is 0. The number of hydrogen-bond acceptors (Lipinski definition) is 6. The van der Waals surface area contributed by atoms with Gasteiger partial charge in [-0.3, -0.25) is 4.79 Å². The predicted octanol–water partition coefficient (Wildman–Crippen LogP) is 4.39. The number of hydrogen-bond donors (Lipinski definition) is 3. The zero-order valence-electron chi connectivity index (χ0n) is 18.8. The molecule has 2 aromatic carbocycles. The number of aromatic nitrogens is 3. The molecule has 0 amide bonds. The number of anilines is 1. The molecule has 170 valence electrons. The molecule has 0 radical (unpaired) electrons. The number of carbonyl (C=O) groups is 1. The third-order valence-electron chi connectivity index (χ3n) is 6.36. The molecule has 0 saturated heterocycles. The van der Waals surface area contributed by atoms with E-state index in [0.29, 0.717) is 11.7 Å². The first-order chi connectivity index (χ1) is 16.1. The third-order valence-corrected chi connectivity index (χ3v) is 6.36. The molecule has 33 heavy (non-hydrogen) atoms. The number of nitrogens with one attached hydrogen (secondary N) is 2. The van der Waals surface area contributed by atoms with Crippen LogP contribution in [0.4, 0.5) is 5.69 Å². The number of fused-ring (bicyclic) bond motifs is 3. The van der Waals surface area contributed by atoms with Gasteiger partial charge in [0.05, 0.1) is 12.5 Å². The van der Waals surface area contributed by atoms with Gasteiger partial charge in [0.25, 0.3) is 5.89 Å². The molecule has 1 unspecified atom stereocenters. The number of aliphatic carboxylic acids is 1. The van der Waals surface area contributed by atoms with Crippen LogP contribution in [0.1, 0.15) is 37.6 Å². The molecule has 1 aliphatic rings. The first kappa shape index (κ1) is 21.2. The average Bonchev–Trinajstić information content (AvgIpc) is 3.45. The Bertz CT molecular complexity index is 1290. The number of benzene rings is 2. The zero-order valence-corrected chi connectivity index (χ0v) is 18.8. The fourth-order valence-electron chi connectivity index (χ4n) is 4.66. The molecule has 0 aliphatic carbocycles. The second kappa shape index (κ2) is 8.71. The van der Waals surface area contributed by atoms with E-state index in [2.05, 4.69) is 57.4 Å². The molecule has 4 aromatic rings. The fraction of sp³-hybridized carbons (Fsp3) is 0.320. The largest absolute Gasteiger partial charge is 0.481 e. The maximum atomic E-state index is 11.3. The molecular formula is C25H27N5O3. The molecule has 1 aliphatic heterocycles.